The summed E-state index contributed by atoms with van der Waals surface area (Å²) in [5.41, 5.74) is 0.690. The Morgan fingerprint density at radius 2 is 2.67 bits per heavy atom. The van der Waals surface area contributed by atoms with Crippen molar-refractivity contribution in [3.05, 3.63) is 11.8 Å². The molecule has 3 nitrogen and oxygen atoms in total. The molecule has 0 unspecified atom stereocenters. The number of carbonyl (C=O) groups excluding carboxylic acids is 1. The summed E-state index contributed by atoms with van der Waals surface area (Å²) < 4.78 is 0.832. The summed E-state index contributed by atoms with van der Waals surface area (Å²) in [7, 11) is 0. The monoisotopic (exact) mass is 236 g/mol. The van der Waals surface area contributed by atoms with Crippen molar-refractivity contribution >= 4 is 32.7 Å². The third-order valence-corrected chi connectivity index (χ3v) is 1.58. The summed E-state index contributed by atoms with van der Waals surface area (Å²) >= 11 is 2.06. The van der Waals surface area contributed by atoms with Crippen LogP contribution >= 0.6 is 22.6 Å². The largest absolute Gasteiger partial charge is 0.341 e. The van der Waals surface area contributed by atoms with Gasteiger partial charge in [0, 0.05) is 11.8 Å². The van der Waals surface area contributed by atoms with E-state index in [9.17, 15) is 4.79 Å². The highest BCUT2D eigenvalue weighted by atomic mass is 127. The lowest BCUT2D eigenvalue weighted by atomic mass is 10.3. The van der Waals surface area contributed by atoms with Crippen molar-refractivity contribution in [3.63, 3.8) is 0 Å². The van der Waals surface area contributed by atoms with E-state index in [0.717, 1.165) is 10.1 Å². The van der Waals surface area contributed by atoms with Gasteiger partial charge in [0.05, 0.1) is 6.54 Å². The number of aldehydes is 1. The van der Waals surface area contributed by atoms with Crippen LogP contribution in [0.25, 0.3) is 0 Å². The van der Waals surface area contributed by atoms with Crippen LogP contribution in [-0.2, 0) is 4.79 Å². The van der Waals surface area contributed by atoms with Crippen molar-refractivity contribution in [2.75, 3.05) is 6.54 Å². The molecule has 1 aliphatic heterocycles. The van der Waals surface area contributed by atoms with Gasteiger partial charge in [-0.15, -0.1) is 0 Å². The molecule has 4 heteroatoms. The number of carbonyl (C=O) groups is 1. The van der Waals surface area contributed by atoms with Crippen LogP contribution in [0.5, 0.6) is 0 Å². The van der Waals surface area contributed by atoms with E-state index in [-0.39, 0.29) is 0 Å². The quantitative estimate of drug-likeness (QED) is 0.408. The number of nitrogens with one attached hydrogen (secondary N) is 1. The Balaban J connectivity index is 2.58. The van der Waals surface area contributed by atoms with Gasteiger partial charge in [0.25, 0.3) is 0 Å². The smallest absolute Gasteiger partial charge is 0.164 e. The van der Waals surface area contributed by atoms with Crippen LogP contribution in [0, 0.1) is 0 Å². The Kier molecular flexibility index (Phi) is 2.21. The number of rotatable bonds is 1. The molecule has 1 heterocycles. The second-order valence-corrected chi connectivity index (χ2v) is 2.61. The SMILES string of the molecule is O=CC1=CNC(I)=NC1. The standard InChI is InChI=1S/C5H5IN2O/c6-5-7-1-4(3-9)2-8-5/h1,3H,2H2,(H,7,8). The molecule has 1 aliphatic rings. The van der Waals surface area contributed by atoms with Gasteiger partial charge < -0.3 is 5.32 Å². The Labute approximate surface area is 66.4 Å². The molecule has 0 aromatic heterocycles. The summed E-state index contributed by atoms with van der Waals surface area (Å²) in [6, 6.07) is 0. The van der Waals surface area contributed by atoms with Crippen molar-refractivity contribution in [1.29, 1.82) is 0 Å². The van der Waals surface area contributed by atoms with Crippen molar-refractivity contribution in [2.45, 2.75) is 0 Å². The number of amidine groups is 1. The molecule has 0 spiro atoms. The Morgan fingerprint density at radius 3 is 3.11 bits per heavy atom. The second-order valence-electron chi connectivity index (χ2n) is 1.59. The van der Waals surface area contributed by atoms with E-state index in [4.69, 9.17) is 0 Å². The highest BCUT2D eigenvalue weighted by Gasteiger charge is 2.00. The van der Waals surface area contributed by atoms with Crippen LogP contribution in [-0.4, -0.2) is 16.7 Å². The maximum absolute atomic E-state index is 10.1. The van der Waals surface area contributed by atoms with Crippen LogP contribution in [0.1, 0.15) is 0 Å². The molecular weight excluding hydrogens is 231 g/mol. The average Bonchev–Trinajstić information content (AvgIpc) is 1.90. The van der Waals surface area contributed by atoms with E-state index < -0.39 is 0 Å². The topological polar surface area (TPSA) is 41.5 Å². The van der Waals surface area contributed by atoms with Crippen LogP contribution < -0.4 is 5.32 Å². The molecule has 0 aromatic rings. The van der Waals surface area contributed by atoms with E-state index in [2.05, 4.69) is 32.9 Å². The lowest BCUT2D eigenvalue weighted by molar-refractivity contribution is -0.104. The third kappa shape index (κ3) is 1.78. The summed E-state index contributed by atoms with van der Waals surface area (Å²) in [6.07, 6.45) is 2.47. The van der Waals surface area contributed by atoms with Gasteiger partial charge >= 0.3 is 0 Å². The minimum atomic E-state index is 0.509. The van der Waals surface area contributed by atoms with Crippen molar-refractivity contribution in [3.8, 4) is 0 Å². The molecule has 1 N–H and O–H groups in total. The first-order chi connectivity index (χ1) is 4.33. The summed E-state index contributed by atoms with van der Waals surface area (Å²) in [5.74, 6) is 0. The molecule has 0 fully saturated rings. The Hall–Kier alpha value is -0.390. The highest BCUT2D eigenvalue weighted by Crippen LogP contribution is 1.98. The van der Waals surface area contributed by atoms with Crippen LogP contribution in [0.15, 0.2) is 16.8 Å². The molecule has 48 valence electrons. The number of hydrogen-bond donors (Lipinski definition) is 1. The second kappa shape index (κ2) is 2.95. The van der Waals surface area contributed by atoms with Crippen molar-refractivity contribution in [1.82, 2.24) is 5.32 Å². The molecular formula is C5H5IN2O. The number of aliphatic imine (C=N–C) groups is 1. The van der Waals surface area contributed by atoms with E-state index in [1.165, 1.54) is 0 Å². The van der Waals surface area contributed by atoms with Crippen molar-refractivity contribution < 1.29 is 4.79 Å². The number of hydrogen-bond acceptors (Lipinski definition) is 3. The lowest BCUT2D eigenvalue weighted by Gasteiger charge is -2.04. The van der Waals surface area contributed by atoms with Gasteiger partial charge in [-0.25, -0.2) is 0 Å². The average molecular weight is 236 g/mol. The normalized spacial score (nSPS) is 17.4. The first-order valence-electron chi connectivity index (χ1n) is 2.43. The van der Waals surface area contributed by atoms with E-state index in [0.29, 0.717) is 12.1 Å². The molecule has 0 saturated carbocycles. The molecule has 0 atom stereocenters. The minimum Gasteiger partial charge on any atom is -0.341 e. The molecule has 0 bridgehead atoms. The van der Waals surface area contributed by atoms with Crippen molar-refractivity contribution in [2.24, 2.45) is 4.99 Å². The first-order valence-corrected chi connectivity index (χ1v) is 3.51. The van der Waals surface area contributed by atoms with Gasteiger partial charge in [0.2, 0.25) is 0 Å². The maximum Gasteiger partial charge on any atom is 0.164 e. The zero-order valence-corrected chi connectivity index (χ0v) is 6.75. The minimum absolute atomic E-state index is 0.509. The molecule has 0 saturated heterocycles. The van der Waals surface area contributed by atoms with E-state index in [1.54, 1.807) is 6.20 Å². The summed E-state index contributed by atoms with van der Waals surface area (Å²) in [6.45, 7) is 0.509. The fourth-order valence-corrected chi connectivity index (χ4v) is 0.802. The van der Waals surface area contributed by atoms with Crippen LogP contribution in [0.4, 0.5) is 0 Å². The fourth-order valence-electron chi connectivity index (χ4n) is 0.476. The lowest BCUT2D eigenvalue weighted by Crippen LogP contribution is -2.17. The zero-order valence-electron chi connectivity index (χ0n) is 4.60. The predicted molar refractivity (Wildman–Crippen MR) is 43.6 cm³/mol. The zero-order chi connectivity index (χ0) is 6.69. The van der Waals surface area contributed by atoms with Crippen LogP contribution in [0.3, 0.4) is 0 Å². The van der Waals surface area contributed by atoms with Gasteiger partial charge in [-0.2, -0.15) is 0 Å². The first kappa shape index (κ1) is 6.73. The maximum atomic E-state index is 10.1. The fraction of sp³-hybridized carbons (Fsp3) is 0.200. The molecule has 0 amide bonds. The molecule has 0 aromatic carbocycles. The third-order valence-electron chi connectivity index (χ3n) is 0.928. The Bertz CT molecular complexity index is 185. The van der Waals surface area contributed by atoms with Gasteiger partial charge in [-0.05, 0) is 22.6 Å². The van der Waals surface area contributed by atoms with E-state index in [1.807, 2.05) is 0 Å². The summed E-state index contributed by atoms with van der Waals surface area (Å²) in [4.78, 5) is 14.1. The van der Waals surface area contributed by atoms with Gasteiger partial charge in [-0.1, -0.05) is 0 Å². The van der Waals surface area contributed by atoms with Gasteiger partial charge in [0.15, 0.2) is 3.84 Å². The highest BCUT2D eigenvalue weighted by molar-refractivity contribution is 14.1. The van der Waals surface area contributed by atoms with Gasteiger partial charge in [0.1, 0.15) is 6.29 Å². The van der Waals surface area contributed by atoms with E-state index >= 15 is 0 Å². The molecule has 0 radical (unpaired) electrons. The van der Waals surface area contributed by atoms with Crippen LogP contribution in [0.2, 0.25) is 0 Å². The molecule has 0 aliphatic carbocycles. The number of nitrogens with zero attached hydrogens (tertiary/aromatic N) is 1. The molecule has 1 rings (SSSR count). The Morgan fingerprint density at radius 1 is 1.89 bits per heavy atom. The predicted octanol–water partition coefficient (Wildman–Crippen LogP) is 0.463. The number of halogens is 1. The summed E-state index contributed by atoms with van der Waals surface area (Å²) in [5, 5.41) is 2.83. The van der Waals surface area contributed by atoms with Gasteiger partial charge in [-0.3, -0.25) is 9.79 Å². The molecule has 9 heavy (non-hydrogen) atoms.